The van der Waals surface area contributed by atoms with Crippen LogP contribution in [0.5, 0.6) is 0 Å². The topological polar surface area (TPSA) is 62.8 Å². The minimum Gasteiger partial charge on any atom is -0.456 e. The van der Waals surface area contributed by atoms with E-state index in [0.717, 1.165) is 49.9 Å². The number of aliphatic imine (C=N–C) groups is 2. The molecule has 202 valence electrons. The van der Waals surface area contributed by atoms with E-state index in [0.29, 0.717) is 5.84 Å². The molecule has 0 saturated heterocycles. The van der Waals surface area contributed by atoms with Crippen LogP contribution in [-0.2, 0) is 0 Å². The highest BCUT2D eigenvalue weighted by Crippen LogP contribution is 2.35. The minimum absolute atomic E-state index is 0.300. The molecule has 0 bridgehead atoms. The predicted molar refractivity (Wildman–Crippen MR) is 176 cm³/mol. The summed E-state index contributed by atoms with van der Waals surface area (Å²) in [6.07, 6.45) is 3.31. The van der Waals surface area contributed by atoms with E-state index in [1.165, 1.54) is 26.9 Å². The zero-order valence-electron chi connectivity index (χ0n) is 23.0. The Labute approximate surface area is 246 Å². The molecule has 2 aromatic heterocycles. The van der Waals surface area contributed by atoms with Crippen LogP contribution in [0.15, 0.2) is 148 Å². The van der Waals surface area contributed by atoms with Gasteiger partial charge in [-0.05, 0) is 56.1 Å². The van der Waals surface area contributed by atoms with Gasteiger partial charge in [-0.15, -0.1) is 0 Å². The lowest BCUT2D eigenvalue weighted by Crippen LogP contribution is -2.33. The molecule has 8 aromatic rings. The van der Waals surface area contributed by atoms with Crippen LogP contribution in [0, 0.1) is 0 Å². The van der Waals surface area contributed by atoms with Crippen LogP contribution in [0.2, 0.25) is 0 Å². The van der Waals surface area contributed by atoms with Gasteiger partial charge in [0.1, 0.15) is 23.2 Å². The number of hydrogen-bond donors (Lipinski definition) is 1. The van der Waals surface area contributed by atoms with Gasteiger partial charge in [-0.2, -0.15) is 0 Å². The van der Waals surface area contributed by atoms with Gasteiger partial charge >= 0.3 is 0 Å². The molecule has 0 saturated carbocycles. The van der Waals surface area contributed by atoms with Crippen molar-refractivity contribution in [1.82, 2.24) is 10.3 Å². The van der Waals surface area contributed by atoms with Gasteiger partial charge in [-0.1, -0.05) is 103 Å². The summed E-state index contributed by atoms with van der Waals surface area (Å²) in [6, 6.07) is 42.2. The summed E-state index contributed by atoms with van der Waals surface area (Å²) in [4.78, 5) is 14.6. The van der Waals surface area contributed by atoms with Crippen molar-refractivity contribution in [1.29, 1.82) is 0 Å². The lowest BCUT2D eigenvalue weighted by atomic mass is 9.95. The van der Waals surface area contributed by atoms with Crippen molar-refractivity contribution in [3.05, 3.63) is 150 Å². The van der Waals surface area contributed by atoms with Crippen LogP contribution in [0.1, 0.15) is 22.9 Å². The van der Waals surface area contributed by atoms with Crippen molar-refractivity contribution in [2.24, 2.45) is 9.98 Å². The standard InChI is InChI=1S/C38H24N4O/c1-2-8-25(9-3-1)36-40-37(42-38(41-36)30-11-6-12-33-35(30)31-22-39-20-19-32(31)43-33)27-17-18-29-26(21-27)16-15-24-14-13-23-7-4-5-10-28(23)34(24)29/h1-22,36H,(H,40,41,42). The molecule has 3 heterocycles. The maximum Gasteiger partial charge on any atom is 0.159 e. The van der Waals surface area contributed by atoms with Gasteiger partial charge in [0.15, 0.2) is 5.84 Å². The first-order valence-corrected chi connectivity index (χ1v) is 14.4. The van der Waals surface area contributed by atoms with E-state index < -0.39 is 0 Å². The minimum atomic E-state index is -0.300. The van der Waals surface area contributed by atoms with Crippen molar-refractivity contribution < 1.29 is 4.42 Å². The molecule has 6 aromatic carbocycles. The molecule has 43 heavy (non-hydrogen) atoms. The quantitative estimate of drug-likeness (QED) is 0.223. The number of benzene rings is 6. The van der Waals surface area contributed by atoms with Gasteiger partial charge in [0.25, 0.3) is 0 Å². The summed E-state index contributed by atoms with van der Waals surface area (Å²) in [5, 5.41) is 12.9. The Morgan fingerprint density at radius 2 is 1.42 bits per heavy atom. The van der Waals surface area contributed by atoms with Crippen LogP contribution >= 0.6 is 0 Å². The fourth-order valence-electron chi connectivity index (χ4n) is 6.36. The van der Waals surface area contributed by atoms with Crippen LogP contribution in [0.3, 0.4) is 0 Å². The third-order valence-corrected chi connectivity index (χ3v) is 8.39. The summed E-state index contributed by atoms with van der Waals surface area (Å²) < 4.78 is 6.17. The second-order valence-corrected chi connectivity index (χ2v) is 10.9. The van der Waals surface area contributed by atoms with Gasteiger partial charge < -0.3 is 9.73 Å². The lowest BCUT2D eigenvalue weighted by molar-refractivity contribution is 0.667. The average Bonchev–Trinajstić information content (AvgIpc) is 3.47. The van der Waals surface area contributed by atoms with E-state index in [-0.39, 0.29) is 6.17 Å². The Kier molecular flexibility index (Phi) is 5.19. The maximum absolute atomic E-state index is 6.17. The Morgan fingerprint density at radius 1 is 0.605 bits per heavy atom. The lowest BCUT2D eigenvalue weighted by Gasteiger charge is -2.24. The molecule has 5 heteroatoms. The molecule has 1 aliphatic rings. The van der Waals surface area contributed by atoms with Gasteiger partial charge in [-0.25, -0.2) is 9.98 Å². The monoisotopic (exact) mass is 552 g/mol. The number of aromatic nitrogens is 1. The Morgan fingerprint density at radius 3 is 2.35 bits per heavy atom. The van der Waals surface area contributed by atoms with Crippen LogP contribution < -0.4 is 5.32 Å². The molecule has 1 atom stereocenters. The molecule has 1 unspecified atom stereocenters. The van der Waals surface area contributed by atoms with E-state index in [1.807, 2.05) is 42.6 Å². The zero-order chi connectivity index (χ0) is 28.3. The average molecular weight is 553 g/mol. The predicted octanol–water partition coefficient (Wildman–Crippen LogP) is 8.94. The van der Waals surface area contributed by atoms with Gasteiger partial charge in [-0.3, -0.25) is 4.98 Å². The fourth-order valence-corrected chi connectivity index (χ4v) is 6.36. The molecular formula is C38H24N4O. The Balaban J connectivity index is 1.25. The van der Waals surface area contributed by atoms with Gasteiger partial charge in [0.05, 0.1) is 0 Å². The van der Waals surface area contributed by atoms with Crippen molar-refractivity contribution in [3.8, 4) is 0 Å². The van der Waals surface area contributed by atoms with E-state index >= 15 is 0 Å². The van der Waals surface area contributed by atoms with Crippen molar-refractivity contribution in [2.75, 3.05) is 0 Å². The molecule has 0 aliphatic carbocycles. The highest BCUT2D eigenvalue weighted by molar-refractivity contribution is 6.23. The summed E-state index contributed by atoms with van der Waals surface area (Å²) in [6.45, 7) is 0. The number of furan rings is 1. The molecule has 5 nitrogen and oxygen atoms in total. The summed E-state index contributed by atoms with van der Waals surface area (Å²) in [5.74, 6) is 1.44. The number of nitrogens with zero attached hydrogens (tertiary/aromatic N) is 3. The van der Waals surface area contributed by atoms with Crippen molar-refractivity contribution >= 4 is 65.9 Å². The van der Waals surface area contributed by atoms with Crippen molar-refractivity contribution in [2.45, 2.75) is 6.17 Å². The van der Waals surface area contributed by atoms with E-state index in [2.05, 4.69) is 95.2 Å². The Hall–Kier alpha value is -5.81. The number of nitrogens with one attached hydrogen (secondary N) is 1. The molecule has 0 spiro atoms. The van der Waals surface area contributed by atoms with Crippen LogP contribution in [0.4, 0.5) is 0 Å². The number of pyridine rings is 1. The Bertz CT molecular complexity index is 2440. The van der Waals surface area contributed by atoms with Gasteiger partial charge in [0, 0.05) is 34.3 Å². The molecular weight excluding hydrogens is 528 g/mol. The van der Waals surface area contributed by atoms with Crippen LogP contribution in [0.25, 0.3) is 54.3 Å². The molecule has 0 amide bonds. The summed E-state index contributed by atoms with van der Waals surface area (Å²) in [5.41, 5.74) is 4.59. The van der Waals surface area contributed by atoms with Crippen molar-refractivity contribution in [3.63, 3.8) is 0 Å². The molecule has 9 rings (SSSR count). The number of amidine groups is 2. The number of fused-ring (bicyclic) bond motifs is 8. The third-order valence-electron chi connectivity index (χ3n) is 8.39. The first kappa shape index (κ1) is 23.9. The summed E-state index contributed by atoms with van der Waals surface area (Å²) in [7, 11) is 0. The first-order chi connectivity index (χ1) is 21.3. The molecule has 0 fully saturated rings. The normalized spacial score (nSPS) is 15.2. The van der Waals surface area contributed by atoms with Gasteiger partial charge in [0.2, 0.25) is 0 Å². The highest BCUT2D eigenvalue weighted by Gasteiger charge is 2.24. The SMILES string of the molecule is c1ccc(C2N=C(c3ccc4c(ccc5ccc6ccccc6c54)c3)N=C(c3cccc4oc5ccncc5c34)N2)cc1. The van der Waals surface area contributed by atoms with E-state index in [1.54, 1.807) is 6.20 Å². The second kappa shape index (κ2) is 9.36. The summed E-state index contributed by atoms with van der Waals surface area (Å²) >= 11 is 0. The number of hydrogen-bond acceptors (Lipinski definition) is 5. The number of rotatable bonds is 3. The molecule has 0 radical (unpaired) electrons. The van der Waals surface area contributed by atoms with E-state index in [9.17, 15) is 0 Å². The molecule has 1 aliphatic heterocycles. The van der Waals surface area contributed by atoms with Crippen LogP contribution in [-0.4, -0.2) is 16.7 Å². The maximum atomic E-state index is 6.17. The first-order valence-electron chi connectivity index (χ1n) is 14.4. The van der Waals surface area contributed by atoms with E-state index in [4.69, 9.17) is 14.4 Å². The second-order valence-electron chi connectivity index (χ2n) is 10.9. The molecule has 1 N–H and O–H groups in total. The fraction of sp³-hybridized carbons (Fsp3) is 0.0263. The third kappa shape index (κ3) is 3.82. The largest absolute Gasteiger partial charge is 0.456 e. The smallest absolute Gasteiger partial charge is 0.159 e. The highest BCUT2D eigenvalue weighted by atomic mass is 16.3. The zero-order valence-corrected chi connectivity index (χ0v) is 23.0.